The van der Waals surface area contributed by atoms with E-state index in [-0.39, 0.29) is 36.3 Å². The van der Waals surface area contributed by atoms with Crippen LogP contribution >= 0.6 is 0 Å². The fourth-order valence-electron chi connectivity index (χ4n) is 6.76. The molecule has 1 N–H and O–H groups in total. The van der Waals surface area contributed by atoms with E-state index in [1.54, 1.807) is 9.80 Å². The van der Waals surface area contributed by atoms with Crippen LogP contribution in [0.4, 0.5) is 5.69 Å². The fraction of sp³-hybridized carbons (Fsp3) is 0.552. The number of aliphatic hydroxyl groups excluding tert-OH is 1. The van der Waals surface area contributed by atoms with E-state index in [0.29, 0.717) is 13.1 Å². The lowest BCUT2D eigenvalue weighted by Crippen LogP contribution is -2.60. The molecule has 0 radical (unpaired) electrons. The van der Waals surface area contributed by atoms with E-state index in [4.69, 9.17) is 4.74 Å². The van der Waals surface area contributed by atoms with E-state index in [2.05, 4.69) is 0 Å². The first-order valence-electron chi connectivity index (χ1n) is 13.2. The molecule has 0 saturated carbocycles. The molecule has 198 valence electrons. The molecule has 1 spiro atoms. The predicted octanol–water partition coefficient (Wildman–Crippen LogP) is 2.38. The van der Waals surface area contributed by atoms with E-state index in [9.17, 15) is 19.5 Å². The number of aliphatic hydroxyl groups is 1. The quantitative estimate of drug-likeness (QED) is 0.618. The van der Waals surface area contributed by atoms with Gasteiger partial charge in [0, 0.05) is 24.8 Å². The number of carbonyl (C=O) groups excluding carboxylic acids is 3. The van der Waals surface area contributed by atoms with Gasteiger partial charge in [0.2, 0.25) is 17.7 Å². The average molecular weight is 508 g/mol. The maximum absolute atomic E-state index is 14.4. The van der Waals surface area contributed by atoms with Crippen LogP contribution in [0.25, 0.3) is 0 Å². The van der Waals surface area contributed by atoms with Gasteiger partial charge < -0.3 is 24.5 Å². The number of benzene rings is 1. The molecule has 4 aliphatic rings. The standard InChI is InChI=1S/C29H37N3O5/c1-18(2)21(17-33)32-24-27(36)30(19(3)4)15-10-14-29(24)23(26(32)35)22-25(34)31(20-11-7-6-8-12-20)16-9-13-28(22,5)37-29/h6-14,18-19,21-24,33H,15-17H2,1-5H3/t21-,22+,23-,24?,28-,29-/m0/s1. The molecular weight excluding hydrogens is 470 g/mol. The van der Waals surface area contributed by atoms with Crippen molar-refractivity contribution in [1.82, 2.24) is 9.80 Å². The number of fused-ring (bicyclic) bond motifs is 2. The van der Waals surface area contributed by atoms with Gasteiger partial charge in [-0.1, -0.05) is 56.4 Å². The van der Waals surface area contributed by atoms with Crippen molar-refractivity contribution in [2.75, 3.05) is 24.6 Å². The zero-order valence-corrected chi connectivity index (χ0v) is 22.2. The second kappa shape index (κ2) is 9.10. The summed E-state index contributed by atoms with van der Waals surface area (Å²) in [6, 6.07) is 7.76. The van der Waals surface area contributed by atoms with Crippen LogP contribution in [0, 0.1) is 17.8 Å². The highest BCUT2D eigenvalue weighted by atomic mass is 16.5. The topological polar surface area (TPSA) is 90.4 Å². The second-order valence-electron chi connectivity index (χ2n) is 11.4. The van der Waals surface area contributed by atoms with Gasteiger partial charge in [0.1, 0.15) is 11.6 Å². The molecule has 4 heterocycles. The normalized spacial score (nSPS) is 34.1. The Labute approximate surface area is 218 Å². The van der Waals surface area contributed by atoms with Crippen molar-refractivity contribution in [3.8, 4) is 0 Å². The minimum Gasteiger partial charge on any atom is -0.394 e. The van der Waals surface area contributed by atoms with E-state index < -0.39 is 35.1 Å². The molecule has 4 aliphatic heterocycles. The summed E-state index contributed by atoms with van der Waals surface area (Å²) in [5, 5.41) is 10.4. The van der Waals surface area contributed by atoms with Gasteiger partial charge in [-0.15, -0.1) is 0 Å². The van der Waals surface area contributed by atoms with Gasteiger partial charge in [0.25, 0.3) is 0 Å². The highest BCUT2D eigenvalue weighted by molar-refractivity contribution is 6.04. The summed E-state index contributed by atoms with van der Waals surface area (Å²) < 4.78 is 6.84. The SMILES string of the molecule is CC(C)[C@H](CO)N1C(=O)[C@@H]2[C@@H]3C(=O)N(c4ccccc4)CC=C[C@]3(C)O[C@@]23C=CCN(C(C)C)C(=O)C13. The van der Waals surface area contributed by atoms with Crippen molar-refractivity contribution in [3.05, 3.63) is 54.6 Å². The Balaban J connectivity index is 1.68. The number of ether oxygens (including phenoxy) is 1. The van der Waals surface area contributed by atoms with Crippen LogP contribution in [0.3, 0.4) is 0 Å². The zero-order chi connectivity index (χ0) is 26.7. The lowest BCUT2D eigenvalue weighted by molar-refractivity contribution is -0.156. The Bertz CT molecular complexity index is 1150. The molecule has 3 amide bonds. The van der Waals surface area contributed by atoms with Gasteiger partial charge in [-0.2, -0.15) is 0 Å². The molecule has 1 aromatic rings. The van der Waals surface area contributed by atoms with E-state index in [0.717, 1.165) is 5.69 Å². The van der Waals surface area contributed by atoms with Gasteiger partial charge >= 0.3 is 0 Å². The minimum atomic E-state index is -1.32. The molecule has 8 heteroatoms. The first kappa shape index (κ1) is 25.7. The molecule has 1 aromatic carbocycles. The molecule has 1 unspecified atom stereocenters. The van der Waals surface area contributed by atoms with E-state index >= 15 is 0 Å². The lowest BCUT2D eigenvalue weighted by Gasteiger charge is -2.41. The summed E-state index contributed by atoms with van der Waals surface area (Å²) in [7, 11) is 0. The van der Waals surface area contributed by atoms with Crippen molar-refractivity contribution in [2.24, 2.45) is 17.8 Å². The molecular formula is C29H37N3O5. The number of rotatable bonds is 5. The molecule has 2 fully saturated rings. The molecule has 2 saturated heterocycles. The lowest BCUT2D eigenvalue weighted by atomic mass is 9.74. The number of hydrogen-bond acceptors (Lipinski definition) is 5. The van der Waals surface area contributed by atoms with Gasteiger partial charge in [-0.3, -0.25) is 14.4 Å². The van der Waals surface area contributed by atoms with E-state index in [1.807, 2.05) is 89.3 Å². The summed E-state index contributed by atoms with van der Waals surface area (Å²) in [4.78, 5) is 47.8. The van der Waals surface area contributed by atoms with Crippen molar-refractivity contribution in [2.45, 2.75) is 63.9 Å². The van der Waals surface area contributed by atoms with Gasteiger partial charge in [-0.25, -0.2) is 0 Å². The average Bonchev–Trinajstić information content (AvgIpc) is 3.11. The van der Waals surface area contributed by atoms with E-state index in [1.165, 1.54) is 4.90 Å². The smallest absolute Gasteiger partial charge is 0.249 e. The summed E-state index contributed by atoms with van der Waals surface area (Å²) in [5.74, 6) is -2.57. The molecule has 6 atom stereocenters. The molecule has 37 heavy (non-hydrogen) atoms. The summed E-state index contributed by atoms with van der Waals surface area (Å²) in [6.07, 6.45) is 7.54. The van der Waals surface area contributed by atoms with Crippen LogP contribution in [0.1, 0.15) is 34.6 Å². The number of hydrogen-bond donors (Lipinski definition) is 1. The molecule has 0 aromatic heterocycles. The molecule has 5 rings (SSSR count). The fourth-order valence-corrected chi connectivity index (χ4v) is 6.76. The zero-order valence-electron chi connectivity index (χ0n) is 22.2. The first-order chi connectivity index (χ1) is 17.6. The Morgan fingerprint density at radius 3 is 2.24 bits per heavy atom. The number of nitrogens with zero attached hydrogens (tertiary/aromatic N) is 3. The van der Waals surface area contributed by atoms with Crippen LogP contribution in [0.15, 0.2) is 54.6 Å². The largest absolute Gasteiger partial charge is 0.394 e. The Kier molecular flexibility index (Phi) is 6.31. The monoisotopic (exact) mass is 507 g/mol. The number of anilines is 1. The van der Waals surface area contributed by atoms with Gasteiger partial charge in [0.15, 0.2) is 0 Å². The third-order valence-corrected chi connectivity index (χ3v) is 8.53. The summed E-state index contributed by atoms with van der Waals surface area (Å²) in [5.41, 5.74) is -1.65. The maximum atomic E-state index is 14.4. The van der Waals surface area contributed by atoms with Crippen LogP contribution in [-0.2, 0) is 19.1 Å². The molecule has 0 bridgehead atoms. The number of likely N-dealkylation sites (tertiary alicyclic amines) is 1. The van der Waals surface area contributed by atoms with Crippen LogP contribution in [-0.4, -0.2) is 81.7 Å². The third kappa shape index (κ3) is 3.67. The van der Waals surface area contributed by atoms with Crippen LogP contribution < -0.4 is 4.90 Å². The molecule has 8 nitrogen and oxygen atoms in total. The minimum absolute atomic E-state index is 0.0903. The van der Waals surface area contributed by atoms with Crippen molar-refractivity contribution < 1.29 is 24.2 Å². The van der Waals surface area contributed by atoms with Crippen molar-refractivity contribution in [1.29, 1.82) is 0 Å². The second-order valence-corrected chi connectivity index (χ2v) is 11.4. The summed E-state index contributed by atoms with van der Waals surface area (Å²) >= 11 is 0. The Morgan fingerprint density at radius 1 is 0.946 bits per heavy atom. The van der Waals surface area contributed by atoms with Crippen LogP contribution in [0.2, 0.25) is 0 Å². The maximum Gasteiger partial charge on any atom is 0.249 e. The van der Waals surface area contributed by atoms with Crippen molar-refractivity contribution >= 4 is 23.4 Å². The highest BCUT2D eigenvalue weighted by Gasteiger charge is 2.75. The molecule has 0 aliphatic carbocycles. The highest BCUT2D eigenvalue weighted by Crippen LogP contribution is 2.58. The van der Waals surface area contributed by atoms with Crippen molar-refractivity contribution in [3.63, 3.8) is 0 Å². The number of amides is 3. The number of carbonyl (C=O) groups is 3. The Morgan fingerprint density at radius 2 is 1.62 bits per heavy atom. The first-order valence-corrected chi connectivity index (χ1v) is 13.2. The Hall–Kier alpha value is -2.97. The third-order valence-electron chi connectivity index (χ3n) is 8.53. The predicted molar refractivity (Wildman–Crippen MR) is 139 cm³/mol. The number of para-hydroxylation sites is 1. The van der Waals surface area contributed by atoms with Gasteiger partial charge in [0.05, 0.1) is 30.1 Å². The van der Waals surface area contributed by atoms with Crippen LogP contribution in [0.5, 0.6) is 0 Å². The summed E-state index contributed by atoms with van der Waals surface area (Å²) in [6.45, 7) is 10.0. The van der Waals surface area contributed by atoms with Gasteiger partial charge in [-0.05, 0) is 38.8 Å².